The molecule has 1 heterocycles. The highest BCUT2D eigenvalue weighted by Gasteiger charge is 2.54. The molecule has 5 aliphatic rings. The van der Waals surface area contributed by atoms with E-state index in [0.29, 0.717) is 24.4 Å². The molecule has 0 amide bonds. The molecule has 0 radical (unpaired) electrons. The van der Waals surface area contributed by atoms with Crippen molar-refractivity contribution in [2.75, 3.05) is 33.3 Å². The molecule has 0 atom stereocenters. The van der Waals surface area contributed by atoms with E-state index in [0.717, 1.165) is 30.8 Å². The minimum atomic E-state index is -3.68. The van der Waals surface area contributed by atoms with Gasteiger partial charge in [-0.3, -0.25) is 4.90 Å². The van der Waals surface area contributed by atoms with E-state index in [1.807, 2.05) is 0 Å². The molecule has 0 unspecified atom stereocenters. The third-order valence-corrected chi connectivity index (χ3v) is 10.4. The van der Waals surface area contributed by atoms with Crippen LogP contribution in [0.15, 0.2) is 17.0 Å². The maximum Gasteiger partial charge on any atom is 0.244 e. The quantitative estimate of drug-likeness (QED) is 0.675. The summed E-state index contributed by atoms with van der Waals surface area (Å²) < 4.78 is 33.2. The van der Waals surface area contributed by atoms with Gasteiger partial charge in [0.1, 0.15) is 10.6 Å². The first-order chi connectivity index (χ1) is 13.8. The molecule has 29 heavy (non-hydrogen) atoms. The summed E-state index contributed by atoms with van der Waals surface area (Å²) in [5.74, 6) is 3.05. The molecular formula is C21H28Cl2N2O3S. The Bertz CT molecular complexity index is 877. The van der Waals surface area contributed by atoms with Crippen molar-refractivity contribution >= 4 is 33.2 Å². The number of piperazine rings is 1. The van der Waals surface area contributed by atoms with Crippen LogP contribution in [0, 0.1) is 17.8 Å². The molecular weight excluding hydrogens is 431 g/mol. The van der Waals surface area contributed by atoms with Crippen LogP contribution in [0.1, 0.15) is 38.5 Å². The first-order valence-electron chi connectivity index (χ1n) is 10.6. The molecule has 0 N–H and O–H groups in total. The zero-order valence-corrected chi connectivity index (χ0v) is 19.1. The second-order valence-electron chi connectivity index (χ2n) is 9.45. The summed E-state index contributed by atoms with van der Waals surface area (Å²) in [6, 6.07) is 2.88. The van der Waals surface area contributed by atoms with Gasteiger partial charge in [-0.2, -0.15) is 4.31 Å². The molecule has 0 spiro atoms. The maximum absolute atomic E-state index is 13.2. The summed E-state index contributed by atoms with van der Waals surface area (Å²) in [4.78, 5) is 2.68. The topological polar surface area (TPSA) is 49.9 Å². The Hall–Kier alpha value is -0.530. The molecule has 4 aliphatic carbocycles. The highest BCUT2D eigenvalue weighted by molar-refractivity contribution is 7.89. The van der Waals surface area contributed by atoms with Crippen molar-refractivity contribution in [3.8, 4) is 5.75 Å². The van der Waals surface area contributed by atoms with E-state index in [-0.39, 0.29) is 14.9 Å². The Kier molecular flexibility index (Phi) is 5.11. The number of methoxy groups -OCH3 is 1. The molecule has 1 saturated heterocycles. The first kappa shape index (κ1) is 20.4. The largest absolute Gasteiger partial charge is 0.495 e. The molecule has 4 bridgehead atoms. The third-order valence-electron chi connectivity index (χ3n) is 7.74. The molecule has 0 aromatic heterocycles. The van der Waals surface area contributed by atoms with Crippen LogP contribution in [0.2, 0.25) is 10.0 Å². The van der Waals surface area contributed by atoms with Gasteiger partial charge in [0.05, 0.1) is 17.2 Å². The zero-order chi connectivity index (χ0) is 20.4. The third kappa shape index (κ3) is 3.39. The normalized spacial score (nSPS) is 35.2. The van der Waals surface area contributed by atoms with E-state index >= 15 is 0 Å². The van der Waals surface area contributed by atoms with E-state index in [1.54, 1.807) is 4.31 Å². The van der Waals surface area contributed by atoms with Gasteiger partial charge >= 0.3 is 0 Å². The SMILES string of the molecule is COc1cc(Cl)c(S(=O)(=O)N2CCN(C34CC5CC(CC(C5)C3)C4)CC2)cc1Cl. The molecule has 1 aromatic carbocycles. The van der Waals surface area contributed by atoms with Crippen molar-refractivity contribution in [2.45, 2.75) is 49.0 Å². The van der Waals surface area contributed by atoms with E-state index < -0.39 is 10.0 Å². The second-order valence-corrected chi connectivity index (χ2v) is 12.2. The maximum atomic E-state index is 13.2. The van der Waals surface area contributed by atoms with Crippen molar-refractivity contribution < 1.29 is 13.2 Å². The number of sulfonamides is 1. The Morgan fingerprint density at radius 1 is 0.931 bits per heavy atom. The highest BCUT2D eigenvalue weighted by atomic mass is 35.5. The number of rotatable bonds is 4. The Balaban J connectivity index is 1.32. The monoisotopic (exact) mass is 458 g/mol. The van der Waals surface area contributed by atoms with Crippen molar-refractivity contribution in [3.05, 3.63) is 22.2 Å². The van der Waals surface area contributed by atoms with Crippen LogP contribution in [0.4, 0.5) is 0 Å². The molecule has 1 aromatic rings. The lowest BCUT2D eigenvalue weighted by molar-refractivity contribution is -0.0964. The lowest BCUT2D eigenvalue weighted by Gasteiger charge is -2.61. The average molecular weight is 459 g/mol. The number of ether oxygens (including phenoxy) is 1. The molecule has 5 nitrogen and oxygen atoms in total. The minimum absolute atomic E-state index is 0.0632. The number of hydrogen-bond donors (Lipinski definition) is 0. The van der Waals surface area contributed by atoms with Crippen molar-refractivity contribution in [2.24, 2.45) is 17.8 Å². The minimum Gasteiger partial charge on any atom is -0.495 e. The molecule has 5 fully saturated rings. The van der Waals surface area contributed by atoms with Gasteiger partial charge in [0, 0.05) is 37.8 Å². The molecule has 4 saturated carbocycles. The summed E-state index contributed by atoms with van der Waals surface area (Å²) in [5.41, 5.74) is 0.325. The summed E-state index contributed by atoms with van der Waals surface area (Å²) in [5, 5.41) is 0.400. The summed E-state index contributed by atoms with van der Waals surface area (Å²) in [6.07, 6.45) is 8.20. The van der Waals surface area contributed by atoms with Gasteiger partial charge in [-0.05, 0) is 62.3 Å². The predicted octanol–water partition coefficient (Wildman–Crippen LogP) is 4.28. The lowest BCUT2D eigenvalue weighted by Crippen LogP contribution is -2.64. The van der Waals surface area contributed by atoms with Crippen molar-refractivity contribution in [3.63, 3.8) is 0 Å². The fourth-order valence-electron chi connectivity index (χ4n) is 6.86. The molecule has 6 rings (SSSR count). The Morgan fingerprint density at radius 3 is 2.00 bits per heavy atom. The van der Waals surface area contributed by atoms with Crippen LogP contribution < -0.4 is 4.74 Å². The number of hydrogen-bond acceptors (Lipinski definition) is 4. The van der Waals surface area contributed by atoms with Crippen LogP contribution in [-0.2, 0) is 10.0 Å². The highest BCUT2D eigenvalue weighted by Crippen LogP contribution is 2.57. The lowest BCUT2D eigenvalue weighted by atomic mass is 9.52. The van der Waals surface area contributed by atoms with Crippen LogP contribution in [0.5, 0.6) is 5.75 Å². The van der Waals surface area contributed by atoms with Gasteiger partial charge in [-0.1, -0.05) is 23.2 Å². The van der Waals surface area contributed by atoms with E-state index in [9.17, 15) is 8.42 Å². The van der Waals surface area contributed by atoms with Gasteiger partial charge in [0.15, 0.2) is 0 Å². The van der Waals surface area contributed by atoms with Crippen LogP contribution in [0.3, 0.4) is 0 Å². The van der Waals surface area contributed by atoms with Gasteiger partial charge in [-0.15, -0.1) is 0 Å². The van der Waals surface area contributed by atoms with Gasteiger partial charge in [0.25, 0.3) is 0 Å². The van der Waals surface area contributed by atoms with Gasteiger partial charge in [-0.25, -0.2) is 8.42 Å². The Labute approximate surface area is 183 Å². The van der Waals surface area contributed by atoms with Crippen molar-refractivity contribution in [1.82, 2.24) is 9.21 Å². The predicted molar refractivity (Wildman–Crippen MR) is 114 cm³/mol. The zero-order valence-electron chi connectivity index (χ0n) is 16.7. The molecule has 160 valence electrons. The second kappa shape index (κ2) is 7.27. The fraction of sp³-hybridized carbons (Fsp3) is 0.714. The summed E-state index contributed by atoms with van der Waals surface area (Å²) in [6.45, 7) is 2.61. The smallest absolute Gasteiger partial charge is 0.244 e. The van der Waals surface area contributed by atoms with Crippen LogP contribution in [-0.4, -0.2) is 56.5 Å². The number of nitrogens with zero attached hydrogens (tertiary/aromatic N) is 2. The van der Waals surface area contributed by atoms with E-state index in [2.05, 4.69) is 4.90 Å². The van der Waals surface area contributed by atoms with Gasteiger partial charge in [0.2, 0.25) is 10.0 Å². The standard InChI is InChI=1S/C21H28Cl2N2O3S/c1-28-19-9-18(23)20(10-17(19)22)29(26,27)25-4-2-24(3-5-25)21-11-14-6-15(12-21)8-16(7-14)13-21/h9-10,14-16H,2-8,11-13H2,1H3. The first-order valence-corrected chi connectivity index (χ1v) is 12.8. The number of benzene rings is 1. The fourth-order valence-corrected chi connectivity index (χ4v) is 9.10. The van der Waals surface area contributed by atoms with E-state index in [4.69, 9.17) is 27.9 Å². The molecule has 1 aliphatic heterocycles. The van der Waals surface area contributed by atoms with E-state index in [1.165, 1.54) is 57.8 Å². The van der Waals surface area contributed by atoms with Gasteiger partial charge < -0.3 is 4.74 Å². The summed E-state index contributed by atoms with van der Waals surface area (Å²) >= 11 is 12.4. The van der Waals surface area contributed by atoms with Crippen LogP contribution >= 0.6 is 23.2 Å². The van der Waals surface area contributed by atoms with Crippen LogP contribution in [0.25, 0.3) is 0 Å². The Morgan fingerprint density at radius 2 is 1.48 bits per heavy atom. The van der Waals surface area contributed by atoms with Crippen molar-refractivity contribution in [1.29, 1.82) is 0 Å². The summed E-state index contributed by atoms with van der Waals surface area (Å²) in [7, 11) is -2.20. The molecule has 8 heteroatoms. The number of halogens is 2. The average Bonchev–Trinajstić information content (AvgIpc) is 2.68.